The molecular formula is C25H30O. The average molecular weight is 347 g/mol. The Morgan fingerprint density at radius 2 is 1.23 bits per heavy atom. The highest BCUT2D eigenvalue weighted by atomic mass is 16.1. The summed E-state index contributed by atoms with van der Waals surface area (Å²) in [4.78, 5) is 13.0. The second-order valence-corrected chi connectivity index (χ2v) is 8.66. The van der Waals surface area contributed by atoms with Crippen LogP contribution in [0.15, 0.2) is 48.5 Å². The van der Waals surface area contributed by atoms with Gasteiger partial charge in [-0.3, -0.25) is 4.79 Å². The first-order valence-corrected chi connectivity index (χ1v) is 10.2. The Morgan fingerprint density at radius 1 is 0.808 bits per heavy atom. The maximum absolute atomic E-state index is 13.0. The summed E-state index contributed by atoms with van der Waals surface area (Å²) in [6.45, 7) is 4.30. The summed E-state index contributed by atoms with van der Waals surface area (Å²) in [5.41, 5.74) is 5.35. The van der Waals surface area contributed by atoms with Crippen molar-refractivity contribution in [2.75, 3.05) is 0 Å². The van der Waals surface area contributed by atoms with Crippen molar-refractivity contribution in [3.05, 3.63) is 70.8 Å². The minimum Gasteiger partial charge on any atom is -0.300 e. The molecule has 2 fully saturated rings. The van der Waals surface area contributed by atoms with Gasteiger partial charge < -0.3 is 0 Å². The molecule has 2 atom stereocenters. The fourth-order valence-corrected chi connectivity index (χ4v) is 4.49. The summed E-state index contributed by atoms with van der Waals surface area (Å²) in [6, 6.07) is 17.6. The molecule has 2 saturated carbocycles. The van der Waals surface area contributed by atoms with E-state index in [1.54, 1.807) is 0 Å². The second kappa shape index (κ2) is 7.39. The third-order valence-corrected chi connectivity index (χ3v) is 6.22. The molecule has 0 radical (unpaired) electrons. The van der Waals surface area contributed by atoms with Gasteiger partial charge in [-0.05, 0) is 74.3 Å². The van der Waals surface area contributed by atoms with Crippen LogP contribution >= 0.6 is 0 Å². The Kier molecular flexibility index (Phi) is 4.98. The van der Waals surface area contributed by atoms with E-state index < -0.39 is 0 Å². The largest absolute Gasteiger partial charge is 0.300 e. The summed E-state index contributed by atoms with van der Waals surface area (Å²) < 4.78 is 0. The summed E-state index contributed by atoms with van der Waals surface area (Å²) in [6.07, 6.45) is 6.60. The van der Waals surface area contributed by atoms with E-state index in [2.05, 4.69) is 62.4 Å². The summed E-state index contributed by atoms with van der Waals surface area (Å²) in [5, 5.41) is 0. The number of benzene rings is 2. The van der Waals surface area contributed by atoms with E-state index in [4.69, 9.17) is 0 Å². The molecule has 0 saturated heterocycles. The number of hydrogen-bond acceptors (Lipinski definition) is 1. The maximum atomic E-state index is 13.0. The topological polar surface area (TPSA) is 17.1 Å². The summed E-state index contributed by atoms with van der Waals surface area (Å²) in [7, 11) is 0. The number of rotatable bonds is 8. The first-order valence-electron chi connectivity index (χ1n) is 10.2. The molecule has 4 rings (SSSR count). The van der Waals surface area contributed by atoms with Gasteiger partial charge in [-0.1, -0.05) is 59.7 Å². The van der Waals surface area contributed by atoms with Crippen molar-refractivity contribution in [3.63, 3.8) is 0 Å². The van der Waals surface area contributed by atoms with Crippen LogP contribution in [0.5, 0.6) is 0 Å². The van der Waals surface area contributed by atoms with Crippen LogP contribution in [0.25, 0.3) is 0 Å². The lowest BCUT2D eigenvalue weighted by Gasteiger charge is -2.20. The molecule has 0 aliphatic heterocycles. The monoisotopic (exact) mass is 346 g/mol. The highest BCUT2D eigenvalue weighted by molar-refractivity contribution is 5.80. The Bertz CT molecular complexity index is 717. The van der Waals surface area contributed by atoms with E-state index in [1.807, 2.05) is 0 Å². The lowest BCUT2D eigenvalue weighted by Crippen LogP contribution is -2.14. The first-order chi connectivity index (χ1) is 12.6. The molecule has 0 aromatic heterocycles. The molecule has 1 nitrogen and oxygen atoms in total. The van der Waals surface area contributed by atoms with E-state index in [1.165, 1.54) is 47.9 Å². The van der Waals surface area contributed by atoms with Gasteiger partial charge in [-0.2, -0.15) is 0 Å². The minimum atomic E-state index is 0.430. The first kappa shape index (κ1) is 17.5. The van der Waals surface area contributed by atoms with E-state index in [-0.39, 0.29) is 0 Å². The molecule has 0 amide bonds. The van der Waals surface area contributed by atoms with Gasteiger partial charge in [0.15, 0.2) is 0 Å². The van der Waals surface area contributed by atoms with Crippen LogP contribution in [-0.4, -0.2) is 5.78 Å². The zero-order valence-electron chi connectivity index (χ0n) is 16.1. The van der Waals surface area contributed by atoms with Gasteiger partial charge in [0.25, 0.3) is 0 Å². The molecule has 0 bridgehead atoms. The molecule has 0 unspecified atom stereocenters. The van der Waals surface area contributed by atoms with Crippen LogP contribution in [0.2, 0.25) is 0 Å². The summed E-state index contributed by atoms with van der Waals surface area (Å²) in [5.74, 6) is 2.76. The Labute approximate surface area is 157 Å². The van der Waals surface area contributed by atoms with Gasteiger partial charge in [0, 0.05) is 12.8 Å². The number of hydrogen-bond donors (Lipinski definition) is 0. The van der Waals surface area contributed by atoms with Gasteiger partial charge in [-0.25, -0.2) is 0 Å². The van der Waals surface area contributed by atoms with Crippen molar-refractivity contribution >= 4 is 5.78 Å². The Balaban J connectivity index is 1.47. The quantitative estimate of drug-likeness (QED) is 0.545. The highest BCUT2D eigenvalue weighted by Crippen LogP contribution is 2.47. The van der Waals surface area contributed by atoms with Gasteiger partial charge in [0.05, 0.1) is 0 Å². The van der Waals surface area contributed by atoms with Crippen molar-refractivity contribution in [1.82, 2.24) is 0 Å². The molecule has 0 N–H and O–H groups in total. The van der Waals surface area contributed by atoms with Crippen LogP contribution in [0.1, 0.15) is 72.6 Å². The minimum absolute atomic E-state index is 0.430. The van der Waals surface area contributed by atoms with Gasteiger partial charge >= 0.3 is 0 Å². The van der Waals surface area contributed by atoms with Crippen LogP contribution in [0.4, 0.5) is 0 Å². The molecular weight excluding hydrogens is 316 g/mol. The number of carbonyl (C=O) groups excluding carboxylic acids is 1. The molecule has 0 spiro atoms. The molecule has 2 aromatic carbocycles. The van der Waals surface area contributed by atoms with Crippen molar-refractivity contribution in [3.8, 4) is 0 Å². The molecule has 0 heterocycles. The predicted molar refractivity (Wildman–Crippen MR) is 108 cm³/mol. The predicted octanol–water partition coefficient (Wildman–Crippen LogP) is 6.34. The van der Waals surface area contributed by atoms with Crippen LogP contribution < -0.4 is 0 Å². The van der Waals surface area contributed by atoms with E-state index in [0.29, 0.717) is 17.6 Å². The Morgan fingerprint density at radius 3 is 1.58 bits per heavy atom. The smallest absolute Gasteiger partial charge is 0.134 e. The van der Waals surface area contributed by atoms with Crippen molar-refractivity contribution in [1.29, 1.82) is 0 Å². The Hall–Kier alpha value is -1.89. The van der Waals surface area contributed by atoms with Crippen molar-refractivity contribution in [2.45, 2.75) is 64.2 Å². The van der Waals surface area contributed by atoms with Gasteiger partial charge in [0.1, 0.15) is 5.78 Å². The lowest BCUT2D eigenvalue weighted by atomic mass is 9.83. The average Bonchev–Trinajstić information content (AvgIpc) is 3.51. The zero-order chi connectivity index (χ0) is 18.1. The lowest BCUT2D eigenvalue weighted by molar-refractivity contribution is -0.120. The second-order valence-electron chi connectivity index (χ2n) is 8.66. The molecule has 2 aromatic rings. The van der Waals surface area contributed by atoms with Crippen LogP contribution in [-0.2, 0) is 4.79 Å². The number of ketones is 1. The number of aryl methyl sites for hydroxylation is 2. The summed E-state index contributed by atoms with van der Waals surface area (Å²) >= 11 is 0. The number of carbonyl (C=O) groups is 1. The van der Waals surface area contributed by atoms with Crippen molar-refractivity contribution in [2.24, 2.45) is 11.8 Å². The number of Topliss-reactive ketones (excluding diaryl/α,β-unsaturated/α-hetero) is 1. The maximum Gasteiger partial charge on any atom is 0.134 e. The standard InChI is InChI=1S/C25H30O/c1-17-5-3-7-21(13-17)24(19-9-10-19)15-23(26)16-25(20-11-12-20)22-8-4-6-18(2)14-22/h3-8,13-14,19-20,24-25H,9-12,15-16H2,1-2H3/t24-,25-/m0/s1. The fourth-order valence-electron chi connectivity index (χ4n) is 4.49. The van der Waals surface area contributed by atoms with Gasteiger partial charge in [-0.15, -0.1) is 0 Å². The normalized spacial score (nSPS) is 19.2. The van der Waals surface area contributed by atoms with E-state index in [9.17, 15) is 4.79 Å². The van der Waals surface area contributed by atoms with Crippen LogP contribution in [0.3, 0.4) is 0 Å². The third kappa shape index (κ3) is 4.26. The molecule has 1 heteroatoms. The zero-order valence-corrected chi connectivity index (χ0v) is 16.1. The van der Waals surface area contributed by atoms with Gasteiger partial charge in [0.2, 0.25) is 0 Å². The van der Waals surface area contributed by atoms with Crippen molar-refractivity contribution < 1.29 is 4.79 Å². The van der Waals surface area contributed by atoms with E-state index in [0.717, 1.165) is 24.7 Å². The van der Waals surface area contributed by atoms with Crippen LogP contribution in [0, 0.1) is 25.7 Å². The molecule has 2 aliphatic carbocycles. The molecule has 2 aliphatic rings. The van der Waals surface area contributed by atoms with E-state index >= 15 is 0 Å². The third-order valence-electron chi connectivity index (χ3n) is 6.22. The SMILES string of the molecule is Cc1cccc([C@@H](CC(=O)C[C@H](c2cccc(C)c2)C2CC2)C2CC2)c1. The molecule has 136 valence electrons. The molecule has 26 heavy (non-hydrogen) atoms. The highest BCUT2D eigenvalue weighted by Gasteiger charge is 2.37. The fraction of sp³-hybridized carbons (Fsp3) is 0.480.